The molecule has 38 heavy (non-hydrogen) atoms. The number of pyridine rings is 1. The largest absolute Gasteiger partial charge is 0.573 e. The van der Waals surface area contributed by atoms with Gasteiger partial charge >= 0.3 is 18.5 Å². The van der Waals surface area contributed by atoms with Gasteiger partial charge < -0.3 is 15.2 Å². The maximum absolute atomic E-state index is 13.6. The summed E-state index contributed by atoms with van der Waals surface area (Å²) in [6, 6.07) is 7.74. The Morgan fingerprint density at radius 2 is 1.63 bits per heavy atom. The van der Waals surface area contributed by atoms with E-state index in [0.29, 0.717) is 10.4 Å². The monoisotopic (exact) mass is 561 g/mol. The molecule has 0 fully saturated rings. The standard InChI is InChI=1S/C22H13F6N3O6S/c23-21(24,25)17-8-2-12-10-31(38(35,36)14-5-3-13(4-6-14)37-22(26,27)28)16-9-11(18(32)20(33)34)1-7-15(16)29-19(12)30-17/h1-9H,10H2,(H,29,30)(H,33,34). The average Bonchev–Trinajstić information content (AvgIpc) is 2.98. The fourth-order valence-corrected chi connectivity index (χ4v) is 4.97. The summed E-state index contributed by atoms with van der Waals surface area (Å²) in [4.78, 5) is 26.2. The number of aromatic nitrogens is 1. The predicted octanol–water partition coefficient (Wildman–Crippen LogP) is 4.72. The van der Waals surface area contributed by atoms with E-state index >= 15 is 0 Å². The molecule has 3 aromatic rings. The van der Waals surface area contributed by atoms with Gasteiger partial charge in [0.2, 0.25) is 0 Å². The van der Waals surface area contributed by atoms with Gasteiger partial charge in [0.05, 0.1) is 22.8 Å². The Hall–Kier alpha value is -4.34. The number of benzene rings is 2. The van der Waals surface area contributed by atoms with Crippen molar-refractivity contribution in [1.29, 1.82) is 0 Å². The molecule has 2 heterocycles. The fraction of sp³-hybridized carbons (Fsp3) is 0.136. The van der Waals surface area contributed by atoms with E-state index in [0.717, 1.165) is 48.5 Å². The molecule has 16 heteroatoms. The number of aliphatic carboxylic acids is 1. The number of ether oxygens (including phenoxy) is 1. The van der Waals surface area contributed by atoms with E-state index in [-0.39, 0.29) is 22.8 Å². The number of carboxylic acids is 1. The first-order valence-corrected chi connectivity index (χ1v) is 11.6. The van der Waals surface area contributed by atoms with Gasteiger partial charge in [-0.2, -0.15) is 13.2 Å². The minimum Gasteiger partial charge on any atom is -0.475 e. The lowest BCUT2D eigenvalue weighted by Crippen LogP contribution is -2.30. The summed E-state index contributed by atoms with van der Waals surface area (Å²) in [5, 5.41) is 11.6. The molecule has 0 atom stereocenters. The lowest BCUT2D eigenvalue weighted by Gasteiger charge is -2.25. The fourth-order valence-electron chi connectivity index (χ4n) is 3.51. The van der Waals surface area contributed by atoms with E-state index in [9.17, 15) is 44.3 Å². The second kappa shape index (κ2) is 9.20. The molecule has 4 rings (SSSR count). The molecular weight excluding hydrogens is 548 g/mol. The van der Waals surface area contributed by atoms with Crippen LogP contribution in [-0.2, 0) is 27.5 Å². The normalized spacial score (nSPS) is 13.6. The van der Waals surface area contributed by atoms with E-state index in [1.165, 1.54) is 0 Å². The third-order valence-electron chi connectivity index (χ3n) is 5.20. The number of carboxylic acid groups (broad SMARTS) is 1. The number of hydrogen-bond donors (Lipinski definition) is 2. The number of nitrogens with one attached hydrogen (secondary N) is 1. The lowest BCUT2D eigenvalue weighted by atomic mass is 10.1. The maximum Gasteiger partial charge on any atom is 0.573 e. The van der Waals surface area contributed by atoms with Crippen LogP contribution in [0.1, 0.15) is 21.6 Å². The molecule has 0 aliphatic carbocycles. The van der Waals surface area contributed by atoms with Crippen molar-refractivity contribution in [3.05, 3.63) is 71.4 Å². The summed E-state index contributed by atoms with van der Waals surface area (Å²) in [6.07, 6.45) is -9.86. The van der Waals surface area contributed by atoms with Crippen LogP contribution in [0.4, 0.5) is 43.5 Å². The van der Waals surface area contributed by atoms with E-state index in [1.54, 1.807) is 0 Å². The molecule has 0 saturated heterocycles. The van der Waals surface area contributed by atoms with Gasteiger partial charge in [-0.05, 0) is 48.5 Å². The third kappa shape index (κ3) is 5.34. The van der Waals surface area contributed by atoms with Gasteiger partial charge in [0.25, 0.3) is 15.8 Å². The number of carbonyl (C=O) groups excluding carboxylic acids is 1. The molecule has 1 aliphatic rings. The van der Waals surface area contributed by atoms with Gasteiger partial charge in [0.1, 0.15) is 17.3 Å². The Labute approximate surface area is 209 Å². The highest BCUT2D eigenvalue weighted by Gasteiger charge is 2.36. The number of carbonyl (C=O) groups is 2. The Balaban J connectivity index is 1.86. The van der Waals surface area contributed by atoms with Crippen LogP contribution in [0.3, 0.4) is 0 Å². The van der Waals surface area contributed by atoms with Crippen LogP contribution in [-0.4, -0.2) is 36.6 Å². The molecule has 0 saturated carbocycles. The second-order valence-electron chi connectivity index (χ2n) is 7.72. The first-order valence-electron chi connectivity index (χ1n) is 10.2. The quantitative estimate of drug-likeness (QED) is 0.261. The van der Waals surface area contributed by atoms with E-state index < -0.39 is 62.8 Å². The Morgan fingerprint density at radius 1 is 0.974 bits per heavy atom. The van der Waals surface area contributed by atoms with Crippen LogP contribution in [0.25, 0.3) is 0 Å². The summed E-state index contributed by atoms with van der Waals surface area (Å²) < 4.78 is 109. The summed E-state index contributed by atoms with van der Waals surface area (Å²) >= 11 is 0. The molecule has 9 nitrogen and oxygen atoms in total. The van der Waals surface area contributed by atoms with Gasteiger partial charge in [0.15, 0.2) is 0 Å². The number of nitrogens with zero attached hydrogens (tertiary/aromatic N) is 2. The lowest BCUT2D eigenvalue weighted by molar-refractivity contribution is -0.274. The van der Waals surface area contributed by atoms with Gasteiger partial charge in [-0.25, -0.2) is 18.2 Å². The highest BCUT2D eigenvalue weighted by atomic mass is 32.2. The topological polar surface area (TPSA) is 126 Å². The van der Waals surface area contributed by atoms with Crippen molar-refractivity contribution in [2.75, 3.05) is 9.62 Å². The number of anilines is 3. The van der Waals surface area contributed by atoms with Crippen LogP contribution in [0.2, 0.25) is 0 Å². The molecule has 0 bridgehead atoms. The average molecular weight is 561 g/mol. The second-order valence-corrected chi connectivity index (χ2v) is 9.59. The van der Waals surface area contributed by atoms with Crippen LogP contribution < -0.4 is 14.4 Å². The molecule has 1 aromatic heterocycles. The van der Waals surface area contributed by atoms with Crippen molar-refractivity contribution in [3.63, 3.8) is 0 Å². The van der Waals surface area contributed by atoms with Crippen LogP contribution in [0.15, 0.2) is 59.5 Å². The van der Waals surface area contributed by atoms with Crippen molar-refractivity contribution in [2.45, 2.75) is 24.0 Å². The Morgan fingerprint density at radius 3 is 2.21 bits per heavy atom. The van der Waals surface area contributed by atoms with Crippen molar-refractivity contribution < 1.29 is 54.2 Å². The first kappa shape index (κ1) is 26.7. The summed E-state index contributed by atoms with van der Waals surface area (Å²) in [7, 11) is -4.66. The highest BCUT2D eigenvalue weighted by molar-refractivity contribution is 7.92. The van der Waals surface area contributed by atoms with Gasteiger partial charge in [-0.15, -0.1) is 13.2 Å². The summed E-state index contributed by atoms with van der Waals surface area (Å²) in [6.45, 7) is -0.631. The number of alkyl halides is 6. The highest BCUT2D eigenvalue weighted by Crippen LogP contribution is 2.40. The molecule has 200 valence electrons. The van der Waals surface area contributed by atoms with Gasteiger partial charge in [-0.1, -0.05) is 6.07 Å². The van der Waals surface area contributed by atoms with E-state index in [2.05, 4.69) is 15.0 Å². The predicted molar refractivity (Wildman–Crippen MR) is 117 cm³/mol. The molecule has 2 N–H and O–H groups in total. The summed E-state index contributed by atoms with van der Waals surface area (Å²) in [5.74, 6) is -4.30. The molecule has 0 unspecified atom stereocenters. The first-order chi connectivity index (χ1) is 17.6. The van der Waals surface area contributed by atoms with Crippen LogP contribution in [0.5, 0.6) is 5.75 Å². The maximum atomic E-state index is 13.6. The zero-order valence-electron chi connectivity index (χ0n) is 18.5. The van der Waals surface area contributed by atoms with Crippen LogP contribution >= 0.6 is 0 Å². The van der Waals surface area contributed by atoms with Crippen LogP contribution in [0, 0.1) is 0 Å². The zero-order valence-corrected chi connectivity index (χ0v) is 19.3. The Bertz CT molecular complexity index is 1540. The number of fused-ring (bicyclic) bond motifs is 2. The number of rotatable bonds is 5. The van der Waals surface area contributed by atoms with E-state index in [4.69, 9.17) is 5.11 Å². The number of halogens is 6. The number of ketones is 1. The molecule has 0 amide bonds. The molecule has 0 spiro atoms. The molecule has 2 aromatic carbocycles. The van der Waals surface area contributed by atoms with E-state index in [1.807, 2.05) is 0 Å². The van der Waals surface area contributed by atoms with Crippen molar-refractivity contribution in [1.82, 2.24) is 4.98 Å². The van der Waals surface area contributed by atoms with Gasteiger partial charge in [-0.3, -0.25) is 9.10 Å². The number of sulfonamides is 1. The minimum atomic E-state index is -5.03. The number of Topliss-reactive ketones (excluding diaryl/α,β-unsaturated/α-hetero) is 1. The molecular formula is C22H13F6N3O6S. The zero-order chi connectivity index (χ0) is 28.0. The summed E-state index contributed by atoms with van der Waals surface area (Å²) in [5.41, 5.74) is -2.21. The SMILES string of the molecule is O=C(O)C(=O)c1ccc2c(c1)N(S(=O)(=O)c1ccc(OC(F)(F)F)cc1)Cc1ccc(C(F)(F)F)nc1N2. The third-order valence-corrected chi connectivity index (χ3v) is 6.98. The number of hydrogen-bond acceptors (Lipinski definition) is 7. The van der Waals surface area contributed by atoms with Crippen molar-refractivity contribution in [2.24, 2.45) is 0 Å². The van der Waals surface area contributed by atoms with Crippen molar-refractivity contribution >= 4 is 39.0 Å². The minimum absolute atomic E-state index is 0.0269. The smallest absolute Gasteiger partial charge is 0.475 e. The van der Waals surface area contributed by atoms with Gasteiger partial charge in [0, 0.05) is 11.1 Å². The molecule has 0 radical (unpaired) electrons. The Kier molecular flexibility index (Phi) is 6.47. The van der Waals surface area contributed by atoms with Crippen molar-refractivity contribution in [3.8, 4) is 5.75 Å². The molecule has 1 aliphatic heterocycles.